The standard InChI is InChI=1S/C19H18N4O/c1-23(12-10-16-9-5-6-11-21-16)19(24)17-13-20-14-22-18(17)15-7-3-2-4-8-15/h2-9,11,13-14H,10,12H2,1H3. The Labute approximate surface area is 141 Å². The molecule has 120 valence electrons. The molecule has 24 heavy (non-hydrogen) atoms. The van der Waals surface area contributed by atoms with E-state index in [1.165, 1.54) is 6.33 Å². The summed E-state index contributed by atoms with van der Waals surface area (Å²) < 4.78 is 0. The highest BCUT2D eigenvalue weighted by atomic mass is 16.2. The van der Waals surface area contributed by atoms with Crippen LogP contribution < -0.4 is 0 Å². The molecule has 2 aromatic heterocycles. The lowest BCUT2D eigenvalue weighted by atomic mass is 10.1. The molecule has 0 unspecified atom stereocenters. The molecular formula is C19H18N4O. The first-order valence-electron chi connectivity index (χ1n) is 7.76. The highest BCUT2D eigenvalue weighted by Gasteiger charge is 2.18. The number of amides is 1. The Morgan fingerprint density at radius 3 is 2.58 bits per heavy atom. The van der Waals surface area contributed by atoms with Crippen LogP contribution >= 0.6 is 0 Å². The molecule has 3 rings (SSSR count). The monoisotopic (exact) mass is 318 g/mol. The van der Waals surface area contributed by atoms with E-state index in [1.807, 2.05) is 48.5 Å². The molecule has 0 aliphatic carbocycles. The van der Waals surface area contributed by atoms with Crippen LogP contribution in [0.25, 0.3) is 11.3 Å². The Morgan fingerprint density at radius 1 is 1.04 bits per heavy atom. The second kappa shape index (κ2) is 7.46. The van der Waals surface area contributed by atoms with Crippen molar-refractivity contribution in [3.63, 3.8) is 0 Å². The summed E-state index contributed by atoms with van der Waals surface area (Å²) in [4.78, 5) is 27.1. The molecule has 1 aromatic carbocycles. The van der Waals surface area contributed by atoms with E-state index in [9.17, 15) is 4.79 Å². The van der Waals surface area contributed by atoms with E-state index in [4.69, 9.17) is 0 Å². The maximum atomic E-state index is 12.8. The largest absolute Gasteiger partial charge is 0.341 e. The summed E-state index contributed by atoms with van der Waals surface area (Å²) in [6.07, 6.45) is 5.51. The fourth-order valence-electron chi connectivity index (χ4n) is 2.45. The second-order valence-electron chi connectivity index (χ2n) is 5.45. The topological polar surface area (TPSA) is 59.0 Å². The first-order valence-corrected chi connectivity index (χ1v) is 7.76. The summed E-state index contributed by atoms with van der Waals surface area (Å²) in [7, 11) is 1.78. The fraction of sp³-hybridized carbons (Fsp3) is 0.158. The Bertz CT molecular complexity index is 806. The van der Waals surface area contributed by atoms with E-state index in [2.05, 4.69) is 15.0 Å². The second-order valence-corrected chi connectivity index (χ2v) is 5.45. The summed E-state index contributed by atoms with van der Waals surface area (Å²) in [5.41, 5.74) is 3.03. The quantitative estimate of drug-likeness (QED) is 0.726. The van der Waals surface area contributed by atoms with E-state index in [-0.39, 0.29) is 5.91 Å². The zero-order chi connectivity index (χ0) is 16.8. The Morgan fingerprint density at radius 2 is 1.83 bits per heavy atom. The summed E-state index contributed by atoms with van der Waals surface area (Å²) in [5.74, 6) is -0.0922. The maximum Gasteiger partial charge on any atom is 0.257 e. The minimum absolute atomic E-state index is 0.0922. The van der Waals surface area contributed by atoms with Gasteiger partial charge in [0, 0.05) is 43.7 Å². The molecule has 2 heterocycles. The van der Waals surface area contributed by atoms with Crippen LogP contribution in [-0.4, -0.2) is 39.4 Å². The molecule has 3 aromatic rings. The number of pyridine rings is 1. The number of nitrogens with zero attached hydrogens (tertiary/aromatic N) is 4. The van der Waals surface area contributed by atoms with Gasteiger partial charge in [0.25, 0.3) is 5.91 Å². The molecule has 0 radical (unpaired) electrons. The van der Waals surface area contributed by atoms with Crippen molar-refractivity contribution >= 4 is 5.91 Å². The summed E-state index contributed by atoms with van der Waals surface area (Å²) in [6.45, 7) is 0.582. The molecule has 0 bridgehead atoms. The Kier molecular flexibility index (Phi) is 4.91. The molecular weight excluding hydrogens is 300 g/mol. The lowest BCUT2D eigenvalue weighted by Crippen LogP contribution is -2.29. The van der Waals surface area contributed by atoms with Crippen molar-refractivity contribution in [3.8, 4) is 11.3 Å². The molecule has 0 atom stereocenters. The van der Waals surface area contributed by atoms with Crippen LogP contribution in [0.2, 0.25) is 0 Å². The third-order valence-electron chi connectivity index (χ3n) is 3.77. The number of carbonyl (C=O) groups is 1. The molecule has 1 amide bonds. The Balaban J connectivity index is 1.77. The van der Waals surface area contributed by atoms with E-state index in [0.717, 1.165) is 11.3 Å². The maximum absolute atomic E-state index is 12.8. The van der Waals surface area contributed by atoms with Crippen molar-refractivity contribution in [1.82, 2.24) is 19.9 Å². The lowest BCUT2D eigenvalue weighted by molar-refractivity contribution is 0.0796. The van der Waals surface area contributed by atoms with Gasteiger partial charge in [-0.25, -0.2) is 9.97 Å². The average Bonchev–Trinajstić information content (AvgIpc) is 2.67. The van der Waals surface area contributed by atoms with E-state index in [1.54, 1.807) is 24.3 Å². The molecule has 0 saturated heterocycles. The van der Waals surface area contributed by atoms with Gasteiger partial charge < -0.3 is 4.90 Å². The molecule has 5 heteroatoms. The van der Waals surface area contributed by atoms with Crippen LogP contribution in [-0.2, 0) is 6.42 Å². The van der Waals surface area contributed by atoms with Gasteiger partial charge in [-0.15, -0.1) is 0 Å². The van der Waals surface area contributed by atoms with Crippen molar-refractivity contribution in [2.45, 2.75) is 6.42 Å². The van der Waals surface area contributed by atoms with Gasteiger partial charge in [0.05, 0.1) is 11.3 Å². The van der Waals surface area contributed by atoms with Crippen LogP contribution in [0.4, 0.5) is 0 Å². The first kappa shape index (κ1) is 15.8. The predicted molar refractivity (Wildman–Crippen MR) is 92.4 cm³/mol. The molecule has 0 fully saturated rings. The highest BCUT2D eigenvalue weighted by molar-refractivity contribution is 5.99. The zero-order valence-electron chi connectivity index (χ0n) is 13.5. The third kappa shape index (κ3) is 3.63. The van der Waals surface area contributed by atoms with E-state index < -0.39 is 0 Å². The normalized spacial score (nSPS) is 10.4. The number of rotatable bonds is 5. The molecule has 0 saturated carbocycles. The van der Waals surface area contributed by atoms with Crippen molar-refractivity contribution in [1.29, 1.82) is 0 Å². The van der Waals surface area contributed by atoms with Crippen molar-refractivity contribution < 1.29 is 4.79 Å². The third-order valence-corrected chi connectivity index (χ3v) is 3.77. The highest BCUT2D eigenvalue weighted by Crippen LogP contribution is 2.21. The predicted octanol–water partition coefficient (Wildman–Crippen LogP) is 2.85. The summed E-state index contributed by atoms with van der Waals surface area (Å²) in [6, 6.07) is 15.5. The van der Waals surface area contributed by atoms with Crippen molar-refractivity contribution in [2.24, 2.45) is 0 Å². The van der Waals surface area contributed by atoms with Gasteiger partial charge in [-0.2, -0.15) is 0 Å². The van der Waals surface area contributed by atoms with Crippen LogP contribution in [0.5, 0.6) is 0 Å². The Hall–Kier alpha value is -3.08. The van der Waals surface area contributed by atoms with Gasteiger partial charge in [0.1, 0.15) is 6.33 Å². The van der Waals surface area contributed by atoms with Gasteiger partial charge in [0.2, 0.25) is 0 Å². The van der Waals surface area contributed by atoms with Gasteiger partial charge in [0.15, 0.2) is 0 Å². The van der Waals surface area contributed by atoms with Crippen LogP contribution in [0.3, 0.4) is 0 Å². The van der Waals surface area contributed by atoms with Crippen LogP contribution in [0, 0.1) is 0 Å². The van der Waals surface area contributed by atoms with E-state index in [0.29, 0.717) is 24.2 Å². The van der Waals surface area contributed by atoms with Crippen LogP contribution in [0.1, 0.15) is 16.1 Å². The smallest absolute Gasteiger partial charge is 0.257 e. The van der Waals surface area contributed by atoms with Crippen LogP contribution in [0.15, 0.2) is 67.3 Å². The minimum Gasteiger partial charge on any atom is -0.341 e. The summed E-state index contributed by atoms with van der Waals surface area (Å²) >= 11 is 0. The van der Waals surface area contributed by atoms with Gasteiger partial charge in [-0.3, -0.25) is 9.78 Å². The number of hydrogen-bond acceptors (Lipinski definition) is 4. The van der Waals surface area contributed by atoms with Gasteiger partial charge in [-0.1, -0.05) is 36.4 Å². The first-order chi connectivity index (χ1) is 11.8. The zero-order valence-corrected chi connectivity index (χ0v) is 13.5. The number of benzene rings is 1. The van der Waals surface area contributed by atoms with E-state index >= 15 is 0 Å². The SMILES string of the molecule is CN(CCc1ccccn1)C(=O)c1cncnc1-c1ccccc1. The number of likely N-dealkylation sites (N-methyl/N-ethyl adjacent to an activating group) is 1. The van der Waals surface area contributed by atoms with Gasteiger partial charge >= 0.3 is 0 Å². The molecule has 0 aliphatic rings. The lowest BCUT2D eigenvalue weighted by Gasteiger charge is -2.18. The number of hydrogen-bond donors (Lipinski definition) is 0. The molecule has 5 nitrogen and oxygen atoms in total. The summed E-state index contributed by atoms with van der Waals surface area (Å²) in [5, 5.41) is 0. The van der Waals surface area contributed by atoms with Crippen molar-refractivity contribution in [3.05, 3.63) is 78.5 Å². The number of carbonyl (C=O) groups excluding carboxylic acids is 1. The van der Waals surface area contributed by atoms with Gasteiger partial charge in [-0.05, 0) is 12.1 Å². The molecule has 0 aliphatic heterocycles. The fourth-order valence-corrected chi connectivity index (χ4v) is 2.45. The average molecular weight is 318 g/mol. The molecule has 0 N–H and O–H groups in total. The molecule has 0 spiro atoms. The minimum atomic E-state index is -0.0922. The van der Waals surface area contributed by atoms with Crippen molar-refractivity contribution in [2.75, 3.05) is 13.6 Å². The number of aromatic nitrogens is 3.